The van der Waals surface area contributed by atoms with Gasteiger partial charge in [0.1, 0.15) is 18.5 Å². The van der Waals surface area contributed by atoms with E-state index >= 15 is 0 Å². The molecular formula is C39H51N5O6. The van der Waals surface area contributed by atoms with Crippen LogP contribution in [0.5, 0.6) is 5.75 Å². The van der Waals surface area contributed by atoms with Crippen molar-refractivity contribution < 1.29 is 28.6 Å². The van der Waals surface area contributed by atoms with Crippen LogP contribution in [0.1, 0.15) is 87.3 Å². The van der Waals surface area contributed by atoms with E-state index in [0.29, 0.717) is 50.1 Å². The van der Waals surface area contributed by atoms with Crippen molar-refractivity contribution in [1.82, 2.24) is 20.4 Å². The fraction of sp³-hybridized carbons (Fsp3) is 0.538. The van der Waals surface area contributed by atoms with Gasteiger partial charge in [-0.3, -0.25) is 9.48 Å². The Morgan fingerprint density at radius 3 is 2.40 bits per heavy atom. The first-order valence-electron chi connectivity index (χ1n) is 18.2. The van der Waals surface area contributed by atoms with Gasteiger partial charge in [0.15, 0.2) is 0 Å². The van der Waals surface area contributed by atoms with E-state index in [0.717, 1.165) is 48.2 Å². The number of alkyl carbamates (subject to hydrolysis) is 2. The number of carbonyl (C=O) groups excluding carboxylic acids is 3. The minimum Gasteiger partial charge on any atom is -0.496 e. The molecule has 1 heterocycles. The van der Waals surface area contributed by atoms with E-state index in [9.17, 15) is 14.4 Å². The van der Waals surface area contributed by atoms with Crippen LogP contribution in [0.2, 0.25) is 0 Å². The molecule has 1 aromatic heterocycles. The van der Waals surface area contributed by atoms with Gasteiger partial charge in [0.2, 0.25) is 5.91 Å². The molecule has 2 N–H and O–H groups in total. The topological polar surface area (TPSA) is 124 Å². The van der Waals surface area contributed by atoms with Gasteiger partial charge in [-0.25, -0.2) is 9.59 Å². The van der Waals surface area contributed by atoms with Crippen molar-refractivity contribution in [3.8, 4) is 16.9 Å². The molecule has 0 bridgehead atoms. The van der Waals surface area contributed by atoms with Gasteiger partial charge in [-0.05, 0) is 118 Å². The van der Waals surface area contributed by atoms with Crippen molar-refractivity contribution in [3.63, 3.8) is 0 Å². The molecule has 3 aliphatic rings. The first kappa shape index (κ1) is 35.3. The zero-order valence-corrected chi connectivity index (χ0v) is 29.6. The van der Waals surface area contributed by atoms with Crippen LogP contribution in [-0.4, -0.2) is 67.8 Å². The highest BCUT2D eigenvalue weighted by Crippen LogP contribution is 2.40. The Labute approximate surface area is 295 Å². The number of anilines is 1. The Bertz CT molecular complexity index is 1620. The van der Waals surface area contributed by atoms with E-state index in [4.69, 9.17) is 14.2 Å². The van der Waals surface area contributed by atoms with Crippen LogP contribution in [0.15, 0.2) is 54.9 Å². The zero-order chi connectivity index (χ0) is 35.0. The molecule has 0 aliphatic heterocycles. The van der Waals surface area contributed by atoms with Gasteiger partial charge in [-0.1, -0.05) is 24.3 Å². The minimum absolute atomic E-state index is 0.0543. The second-order valence-electron chi connectivity index (χ2n) is 14.1. The molecule has 0 atom stereocenters. The maximum Gasteiger partial charge on any atom is 0.407 e. The van der Waals surface area contributed by atoms with Gasteiger partial charge in [-0.2, -0.15) is 5.10 Å². The summed E-state index contributed by atoms with van der Waals surface area (Å²) in [5, 5.41) is 9.59. The fourth-order valence-electron chi connectivity index (χ4n) is 7.50. The van der Waals surface area contributed by atoms with Crippen molar-refractivity contribution in [2.75, 3.05) is 38.8 Å². The molecule has 3 aliphatic carbocycles. The Morgan fingerprint density at radius 2 is 1.70 bits per heavy atom. The van der Waals surface area contributed by atoms with E-state index in [1.807, 2.05) is 17.2 Å². The summed E-state index contributed by atoms with van der Waals surface area (Å²) in [6.45, 7) is 3.01. The largest absolute Gasteiger partial charge is 0.496 e. The third-order valence-electron chi connectivity index (χ3n) is 10.6. The van der Waals surface area contributed by atoms with Gasteiger partial charge in [0, 0.05) is 37.0 Å². The summed E-state index contributed by atoms with van der Waals surface area (Å²) in [7, 11) is 3.19. The highest BCUT2D eigenvalue weighted by atomic mass is 16.6. The van der Waals surface area contributed by atoms with Crippen molar-refractivity contribution in [2.24, 2.45) is 11.8 Å². The van der Waals surface area contributed by atoms with Crippen LogP contribution in [0.3, 0.4) is 0 Å². The summed E-state index contributed by atoms with van der Waals surface area (Å²) < 4.78 is 18.1. The summed E-state index contributed by atoms with van der Waals surface area (Å²) in [5.41, 5.74) is 5.60. The molecule has 3 aromatic rings. The highest BCUT2D eigenvalue weighted by molar-refractivity contribution is 5.95. The number of hydrogen-bond donors (Lipinski definition) is 2. The number of aryl methyl sites for hydroxylation is 1. The predicted molar refractivity (Wildman–Crippen MR) is 191 cm³/mol. The standard InChI is InChI=1S/C39H51N5O6/c1-26-21-31(13-18-36(26)48-3)28-9-7-27(8-10-28)24-43(34-6-4-5-30(22-34)32-23-42-44(25-32)33-14-15-33)37(45)29-11-16-35(17-12-29)50-39(47)41-19-20-49-38(46)40-2/h4-6,13,18,21-23,25,27-29,33,35H,7-12,14-17,19-20,24H2,1-3H3,(H,40,46)(H,41,47). The number of rotatable bonds is 12. The van der Waals surface area contributed by atoms with Crippen molar-refractivity contribution >= 4 is 23.8 Å². The smallest absolute Gasteiger partial charge is 0.407 e. The molecule has 0 unspecified atom stereocenters. The van der Waals surface area contributed by atoms with Crippen LogP contribution in [-0.2, 0) is 14.3 Å². The van der Waals surface area contributed by atoms with E-state index in [-0.39, 0.29) is 31.1 Å². The maximum absolute atomic E-state index is 14.4. The summed E-state index contributed by atoms with van der Waals surface area (Å²) in [4.78, 5) is 40.0. The zero-order valence-electron chi connectivity index (χ0n) is 29.6. The van der Waals surface area contributed by atoms with Crippen LogP contribution in [0.4, 0.5) is 15.3 Å². The van der Waals surface area contributed by atoms with Crippen molar-refractivity contribution in [2.45, 2.75) is 89.2 Å². The molecule has 0 radical (unpaired) electrons. The second-order valence-corrected chi connectivity index (χ2v) is 14.1. The highest BCUT2D eigenvalue weighted by Gasteiger charge is 2.34. The number of hydrogen-bond acceptors (Lipinski definition) is 7. The van der Waals surface area contributed by atoms with E-state index in [1.54, 1.807) is 7.11 Å². The molecule has 11 nitrogen and oxygen atoms in total. The average Bonchev–Trinajstić information content (AvgIpc) is 3.88. The molecule has 0 spiro atoms. The summed E-state index contributed by atoms with van der Waals surface area (Å²) in [5.74, 6) is 1.86. The summed E-state index contributed by atoms with van der Waals surface area (Å²) >= 11 is 0. The normalized spacial score (nSPS) is 21.9. The lowest BCUT2D eigenvalue weighted by Gasteiger charge is -2.36. The third kappa shape index (κ3) is 8.97. The maximum atomic E-state index is 14.4. The van der Waals surface area contributed by atoms with Gasteiger partial charge in [0.25, 0.3) is 0 Å². The molecule has 6 rings (SSSR count). The summed E-state index contributed by atoms with van der Waals surface area (Å²) in [6.07, 6.45) is 12.0. The number of nitrogens with one attached hydrogen (secondary N) is 2. The van der Waals surface area contributed by atoms with Gasteiger partial charge in [-0.15, -0.1) is 0 Å². The monoisotopic (exact) mass is 685 g/mol. The van der Waals surface area contributed by atoms with Gasteiger partial charge >= 0.3 is 12.2 Å². The van der Waals surface area contributed by atoms with Crippen LogP contribution < -0.4 is 20.3 Å². The molecule has 0 saturated heterocycles. The number of amides is 3. The Morgan fingerprint density at radius 1 is 0.920 bits per heavy atom. The fourth-order valence-corrected chi connectivity index (χ4v) is 7.50. The quantitative estimate of drug-likeness (QED) is 0.194. The Hall–Kier alpha value is -4.54. The van der Waals surface area contributed by atoms with E-state index in [1.165, 1.54) is 31.0 Å². The SMILES string of the molecule is CNC(=O)OCCNC(=O)OC1CCC(C(=O)N(CC2CCC(c3ccc(OC)c(C)c3)CC2)c2cccc(-c3cnn(C4CC4)c3)c2)CC1. The average molecular weight is 686 g/mol. The van der Waals surface area contributed by atoms with Crippen molar-refractivity contribution in [3.05, 3.63) is 66.0 Å². The number of benzene rings is 2. The van der Waals surface area contributed by atoms with Crippen LogP contribution in [0, 0.1) is 18.8 Å². The molecule has 2 aromatic carbocycles. The molecule has 3 saturated carbocycles. The number of nitrogens with zero attached hydrogens (tertiary/aromatic N) is 3. The molecule has 268 valence electrons. The third-order valence-corrected chi connectivity index (χ3v) is 10.6. The lowest BCUT2D eigenvalue weighted by Crippen LogP contribution is -2.42. The number of carbonyl (C=O) groups is 3. The van der Waals surface area contributed by atoms with Gasteiger partial charge < -0.3 is 29.7 Å². The van der Waals surface area contributed by atoms with Crippen molar-refractivity contribution in [1.29, 1.82) is 0 Å². The minimum atomic E-state index is -0.551. The number of ether oxygens (including phenoxy) is 3. The summed E-state index contributed by atoms with van der Waals surface area (Å²) in [6, 6.07) is 15.4. The van der Waals surface area contributed by atoms with E-state index in [2.05, 4.69) is 69.9 Å². The van der Waals surface area contributed by atoms with Gasteiger partial charge in [0.05, 0.1) is 25.9 Å². The van der Waals surface area contributed by atoms with E-state index < -0.39 is 12.2 Å². The predicted octanol–water partition coefficient (Wildman–Crippen LogP) is 7.15. The molecule has 3 fully saturated rings. The Kier molecular flexibility index (Phi) is 11.6. The first-order valence-corrected chi connectivity index (χ1v) is 18.2. The molecule has 50 heavy (non-hydrogen) atoms. The van der Waals surface area contributed by atoms with Crippen LogP contribution >= 0.6 is 0 Å². The number of methoxy groups -OCH3 is 1. The number of aromatic nitrogens is 2. The lowest BCUT2D eigenvalue weighted by molar-refractivity contribution is -0.124. The second kappa shape index (κ2) is 16.4. The molecule has 3 amide bonds. The van der Waals surface area contributed by atoms with Crippen LogP contribution in [0.25, 0.3) is 11.1 Å². The molecule has 11 heteroatoms. The first-order chi connectivity index (χ1) is 24.3. The Balaban J connectivity index is 1.10. The lowest BCUT2D eigenvalue weighted by atomic mass is 9.78. The molecular weight excluding hydrogens is 634 g/mol.